The number of benzene rings is 1. The lowest BCUT2D eigenvalue weighted by Gasteiger charge is -2.23. The first-order valence-electron chi connectivity index (χ1n) is 9.70. The third-order valence-corrected chi connectivity index (χ3v) is 5.58. The second kappa shape index (κ2) is 9.19. The summed E-state index contributed by atoms with van der Waals surface area (Å²) in [5, 5.41) is 0.461. The molecular formula is C21H27N3O3S. The summed E-state index contributed by atoms with van der Waals surface area (Å²) in [5.74, 6) is 0.296. The number of hydrogen-bond acceptors (Lipinski definition) is 6. The largest absolute Gasteiger partial charge is 0.462 e. The summed E-state index contributed by atoms with van der Waals surface area (Å²) in [6, 6.07) is 3.98. The Labute approximate surface area is 170 Å². The molecule has 0 atom stereocenters. The van der Waals surface area contributed by atoms with Gasteiger partial charge in [0.1, 0.15) is 11.3 Å². The summed E-state index contributed by atoms with van der Waals surface area (Å²) in [4.78, 5) is 19.2. The number of esters is 1. The van der Waals surface area contributed by atoms with Crippen LogP contribution < -0.4 is 4.74 Å². The summed E-state index contributed by atoms with van der Waals surface area (Å²) >= 11 is 1.16. The number of carbonyl (C=O) groups excluding carboxylic acids is 1. The molecule has 0 bridgehead atoms. The molecule has 1 fully saturated rings. The van der Waals surface area contributed by atoms with Crippen LogP contribution in [0.25, 0.3) is 0 Å². The maximum absolute atomic E-state index is 12.2. The number of aliphatic imine (C=N–C) groups is 1. The zero-order valence-corrected chi connectivity index (χ0v) is 17.8. The zero-order valence-electron chi connectivity index (χ0n) is 16.9. The molecule has 6 nitrogen and oxygen atoms in total. The van der Waals surface area contributed by atoms with Crippen LogP contribution in [0.1, 0.15) is 53.4 Å². The fourth-order valence-electron chi connectivity index (χ4n) is 3.15. The van der Waals surface area contributed by atoms with Crippen molar-refractivity contribution in [1.29, 1.82) is 0 Å². The van der Waals surface area contributed by atoms with Crippen molar-refractivity contribution >= 4 is 29.5 Å². The Morgan fingerprint density at radius 2 is 1.96 bits per heavy atom. The number of aromatic nitrogens is 1. The van der Waals surface area contributed by atoms with Crippen LogP contribution in [0.5, 0.6) is 10.8 Å². The molecule has 2 aromatic rings. The van der Waals surface area contributed by atoms with Gasteiger partial charge in [0.2, 0.25) is 5.06 Å². The predicted molar refractivity (Wildman–Crippen MR) is 112 cm³/mol. The fraction of sp³-hybridized carbons (Fsp3) is 0.476. The third-order valence-electron chi connectivity index (χ3n) is 4.76. The van der Waals surface area contributed by atoms with Crippen LogP contribution in [0.15, 0.2) is 17.1 Å². The smallest absolute Gasteiger partial charge is 0.344 e. The normalized spacial score (nSPS) is 14.5. The number of likely N-dealkylation sites (tertiary alicyclic amines) is 1. The number of hydrogen-bond donors (Lipinski definition) is 0. The average molecular weight is 402 g/mol. The quantitative estimate of drug-likeness (QED) is 0.379. The molecule has 0 N–H and O–H groups in total. The standard InChI is InChI=1S/C21H27N3O3S/c1-5-26-20(25)19-16(4)23-28-21(19)27-18-12-14(2)17(11-15(18)3)22-13-24-9-7-6-8-10-24/h11-13H,5-10H2,1-4H3/b22-13+. The third kappa shape index (κ3) is 4.70. The minimum absolute atomic E-state index is 0.315. The van der Waals surface area contributed by atoms with E-state index in [9.17, 15) is 4.79 Å². The maximum Gasteiger partial charge on any atom is 0.344 e. The molecule has 150 valence electrons. The molecule has 2 heterocycles. The van der Waals surface area contributed by atoms with Gasteiger partial charge in [-0.15, -0.1) is 0 Å². The molecular weight excluding hydrogens is 374 g/mol. The van der Waals surface area contributed by atoms with Crippen LogP contribution >= 0.6 is 11.5 Å². The van der Waals surface area contributed by atoms with Crippen LogP contribution in [0.3, 0.4) is 0 Å². The van der Waals surface area contributed by atoms with Crippen LogP contribution in [0.4, 0.5) is 5.69 Å². The van der Waals surface area contributed by atoms with Crippen molar-refractivity contribution in [3.63, 3.8) is 0 Å². The Balaban J connectivity index is 1.80. The van der Waals surface area contributed by atoms with Crippen LogP contribution in [0.2, 0.25) is 0 Å². The van der Waals surface area contributed by atoms with E-state index in [4.69, 9.17) is 9.47 Å². The molecule has 0 spiro atoms. The highest BCUT2D eigenvalue weighted by Gasteiger charge is 2.22. The van der Waals surface area contributed by atoms with Crippen molar-refractivity contribution in [3.8, 4) is 10.8 Å². The van der Waals surface area contributed by atoms with E-state index in [2.05, 4.69) is 14.3 Å². The highest BCUT2D eigenvalue weighted by molar-refractivity contribution is 7.08. The van der Waals surface area contributed by atoms with Crippen LogP contribution in [-0.2, 0) is 4.74 Å². The molecule has 1 aliphatic heterocycles. The number of carbonyl (C=O) groups is 1. The molecule has 1 aromatic carbocycles. The first-order chi connectivity index (χ1) is 13.5. The maximum atomic E-state index is 12.2. The van der Waals surface area contributed by atoms with Crippen molar-refractivity contribution < 1.29 is 14.3 Å². The van der Waals surface area contributed by atoms with Crippen molar-refractivity contribution in [1.82, 2.24) is 9.27 Å². The predicted octanol–water partition coefficient (Wildman–Crippen LogP) is 5.18. The minimum atomic E-state index is -0.402. The molecule has 0 aliphatic carbocycles. The lowest BCUT2D eigenvalue weighted by molar-refractivity contribution is 0.0523. The topological polar surface area (TPSA) is 64.0 Å². The number of piperidine rings is 1. The van der Waals surface area contributed by atoms with Gasteiger partial charge in [-0.2, -0.15) is 4.37 Å². The molecule has 28 heavy (non-hydrogen) atoms. The SMILES string of the molecule is CCOC(=O)c1c(C)nsc1Oc1cc(C)c(/N=C/N2CCCCC2)cc1C. The summed E-state index contributed by atoms with van der Waals surface area (Å²) in [6.45, 7) is 10.0. The van der Waals surface area contributed by atoms with Gasteiger partial charge in [-0.1, -0.05) is 0 Å². The van der Waals surface area contributed by atoms with Gasteiger partial charge in [0.25, 0.3) is 0 Å². The first-order valence-corrected chi connectivity index (χ1v) is 10.5. The molecule has 7 heteroatoms. The van der Waals surface area contributed by atoms with Gasteiger partial charge in [-0.05, 0) is 70.2 Å². The summed E-state index contributed by atoms with van der Waals surface area (Å²) < 4.78 is 15.4. The van der Waals surface area contributed by atoms with Gasteiger partial charge in [0.05, 0.1) is 24.3 Å². The van der Waals surface area contributed by atoms with Gasteiger partial charge in [0.15, 0.2) is 0 Å². The molecule has 1 saturated heterocycles. The van der Waals surface area contributed by atoms with Gasteiger partial charge in [0, 0.05) is 24.6 Å². The van der Waals surface area contributed by atoms with Crippen molar-refractivity contribution in [2.45, 2.75) is 47.0 Å². The number of ether oxygens (including phenoxy) is 2. The average Bonchev–Trinajstić information content (AvgIpc) is 3.04. The lowest BCUT2D eigenvalue weighted by Crippen LogP contribution is -2.28. The molecule has 0 radical (unpaired) electrons. The Morgan fingerprint density at radius 1 is 1.21 bits per heavy atom. The van der Waals surface area contributed by atoms with E-state index < -0.39 is 5.97 Å². The fourth-order valence-corrected chi connectivity index (χ4v) is 3.91. The first kappa shape index (κ1) is 20.3. The summed E-state index contributed by atoms with van der Waals surface area (Å²) in [6.07, 6.45) is 5.72. The molecule has 1 aromatic heterocycles. The van der Waals surface area contributed by atoms with E-state index in [0.717, 1.165) is 41.4 Å². The number of aryl methyl sites for hydroxylation is 3. The Morgan fingerprint density at radius 3 is 2.68 bits per heavy atom. The van der Waals surface area contributed by atoms with E-state index in [-0.39, 0.29) is 0 Å². The minimum Gasteiger partial charge on any atom is -0.462 e. The monoisotopic (exact) mass is 401 g/mol. The van der Waals surface area contributed by atoms with Crippen LogP contribution in [-0.4, -0.2) is 41.3 Å². The van der Waals surface area contributed by atoms with E-state index in [0.29, 0.717) is 28.7 Å². The van der Waals surface area contributed by atoms with Gasteiger partial charge in [-0.25, -0.2) is 9.79 Å². The molecule has 0 amide bonds. The Hall–Kier alpha value is -2.41. The number of rotatable bonds is 6. The molecule has 0 unspecified atom stereocenters. The highest BCUT2D eigenvalue weighted by atomic mass is 32.1. The van der Waals surface area contributed by atoms with E-state index >= 15 is 0 Å². The summed E-state index contributed by atoms with van der Waals surface area (Å²) in [5.41, 5.74) is 3.93. The highest BCUT2D eigenvalue weighted by Crippen LogP contribution is 2.36. The van der Waals surface area contributed by atoms with E-state index in [1.165, 1.54) is 19.3 Å². The Kier molecular flexibility index (Phi) is 6.67. The van der Waals surface area contributed by atoms with Crippen molar-refractivity contribution in [2.75, 3.05) is 19.7 Å². The number of nitrogens with zero attached hydrogens (tertiary/aromatic N) is 3. The van der Waals surface area contributed by atoms with Gasteiger partial charge in [-0.3, -0.25) is 0 Å². The van der Waals surface area contributed by atoms with Crippen molar-refractivity contribution in [3.05, 3.63) is 34.5 Å². The molecule has 0 saturated carbocycles. The summed E-state index contributed by atoms with van der Waals surface area (Å²) in [7, 11) is 0. The second-order valence-electron chi connectivity index (χ2n) is 7.00. The lowest BCUT2D eigenvalue weighted by atomic mass is 10.1. The van der Waals surface area contributed by atoms with E-state index in [1.807, 2.05) is 32.3 Å². The van der Waals surface area contributed by atoms with E-state index in [1.54, 1.807) is 13.8 Å². The molecule has 1 aliphatic rings. The van der Waals surface area contributed by atoms with Crippen LogP contribution in [0, 0.1) is 20.8 Å². The molecule has 3 rings (SSSR count). The second-order valence-corrected chi connectivity index (χ2v) is 7.73. The van der Waals surface area contributed by atoms with Crippen molar-refractivity contribution in [2.24, 2.45) is 4.99 Å². The van der Waals surface area contributed by atoms with Gasteiger partial charge >= 0.3 is 5.97 Å². The van der Waals surface area contributed by atoms with Gasteiger partial charge < -0.3 is 14.4 Å². The zero-order chi connectivity index (χ0) is 20.1. The Bertz CT molecular complexity index is 870.